The van der Waals surface area contributed by atoms with E-state index in [9.17, 15) is 18.0 Å². The van der Waals surface area contributed by atoms with Crippen LogP contribution >= 0.6 is 0 Å². The van der Waals surface area contributed by atoms with Gasteiger partial charge in [-0.1, -0.05) is 0 Å². The van der Waals surface area contributed by atoms with Gasteiger partial charge in [0, 0.05) is 32.2 Å². The van der Waals surface area contributed by atoms with Crippen LogP contribution in [-0.2, 0) is 19.6 Å². The lowest BCUT2D eigenvalue weighted by molar-refractivity contribution is -0.121. The topological polar surface area (TPSA) is 108 Å². The van der Waals surface area contributed by atoms with Gasteiger partial charge in [-0.25, -0.2) is 8.42 Å². The Hall–Kier alpha value is -1.97. The minimum Gasteiger partial charge on any atom is -0.353 e. The number of carbonyl (C=O) groups is 2. The van der Waals surface area contributed by atoms with Gasteiger partial charge < -0.3 is 16.0 Å². The molecule has 0 radical (unpaired) electrons. The van der Waals surface area contributed by atoms with Gasteiger partial charge in [0.1, 0.15) is 0 Å². The molecule has 2 amide bonds. The first-order valence-electron chi connectivity index (χ1n) is 8.13. The number of amides is 2. The Labute approximate surface area is 148 Å². The number of likely N-dealkylation sites (N-methyl/N-ethyl adjacent to an activating group) is 1. The minimum atomic E-state index is -3.77. The second-order valence-electron chi connectivity index (χ2n) is 6.06. The normalized spacial score (nSPS) is 17.5. The smallest absolute Gasteiger partial charge is 0.243 e. The second kappa shape index (κ2) is 8.41. The van der Waals surface area contributed by atoms with Gasteiger partial charge in [0.05, 0.1) is 11.4 Å². The third kappa shape index (κ3) is 5.52. The Morgan fingerprint density at radius 3 is 2.52 bits per heavy atom. The summed E-state index contributed by atoms with van der Waals surface area (Å²) >= 11 is 0. The van der Waals surface area contributed by atoms with E-state index in [4.69, 9.17) is 0 Å². The molecule has 3 N–H and O–H groups in total. The Kier molecular flexibility index (Phi) is 6.51. The van der Waals surface area contributed by atoms with E-state index in [-0.39, 0.29) is 29.3 Å². The van der Waals surface area contributed by atoms with E-state index < -0.39 is 10.0 Å². The van der Waals surface area contributed by atoms with E-state index in [0.29, 0.717) is 12.2 Å². The monoisotopic (exact) mass is 368 g/mol. The molecule has 8 nitrogen and oxygen atoms in total. The summed E-state index contributed by atoms with van der Waals surface area (Å²) in [6, 6.07) is 6.07. The Bertz CT molecular complexity index is 712. The van der Waals surface area contributed by atoms with Crippen LogP contribution in [0.15, 0.2) is 29.2 Å². The van der Waals surface area contributed by atoms with Crippen LogP contribution in [0.3, 0.4) is 0 Å². The molecule has 1 fully saturated rings. The first kappa shape index (κ1) is 19.4. The van der Waals surface area contributed by atoms with E-state index in [1.165, 1.54) is 38.2 Å². The van der Waals surface area contributed by atoms with Gasteiger partial charge >= 0.3 is 0 Å². The molecule has 0 spiro atoms. The average Bonchev–Trinajstić information content (AvgIpc) is 3.06. The largest absolute Gasteiger partial charge is 0.353 e. The van der Waals surface area contributed by atoms with Crippen molar-refractivity contribution < 1.29 is 18.0 Å². The van der Waals surface area contributed by atoms with Crippen LogP contribution in [-0.4, -0.2) is 57.3 Å². The maximum atomic E-state index is 12.5. The molecule has 1 aliphatic heterocycles. The summed E-state index contributed by atoms with van der Waals surface area (Å²) in [6.07, 6.45) is 2.10. The molecule has 1 saturated heterocycles. The fraction of sp³-hybridized carbons (Fsp3) is 0.500. The highest BCUT2D eigenvalue weighted by molar-refractivity contribution is 7.89. The number of anilines is 1. The number of nitrogens with zero attached hydrogens (tertiary/aromatic N) is 1. The van der Waals surface area contributed by atoms with Crippen molar-refractivity contribution >= 4 is 27.5 Å². The SMILES string of the molecule is CC(=O)Nc1ccc(S(=O)(=O)N(C)CC(=O)NCC2CCCN2)cc1. The van der Waals surface area contributed by atoms with Gasteiger partial charge in [-0.15, -0.1) is 0 Å². The van der Waals surface area contributed by atoms with E-state index in [1.807, 2.05) is 0 Å². The molecule has 1 aromatic rings. The number of carbonyl (C=O) groups excluding carboxylic acids is 2. The highest BCUT2D eigenvalue weighted by atomic mass is 32.2. The van der Waals surface area contributed by atoms with Crippen LogP contribution in [0, 0.1) is 0 Å². The standard InChI is InChI=1S/C16H24N4O4S/c1-12(21)19-13-5-7-15(8-6-13)25(23,24)20(2)11-16(22)18-10-14-4-3-9-17-14/h5-8,14,17H,3-4,9-11H2,1-2H3,(H,18,22)(H,19,21). The minimum absolute atomic E-state index is 0.0642. The van der Waals surface area contributed by atoms with Gasteiger partial charge in [0.25, 0.3) is 0 Å². The van der Waals surface area contributed by atoms with Crippen LogP contribution in [0.25, 0.3) is 0 Å². The van der Waals surface area contributed by atoms with Crippen LogP contribution < -0.4 is 16.0 Å². The zero-order chi connectivity index (χ0) is 18.4. The first-order valence-corrected chi connectivity index (χ1v) is 9.57. The Balaban J connectivity index is 1.92. The predicted octanol–water partition coefficient (Wildman–Crippen LogP) is 0.134. The molecule has 1 aliphatic rings. The van der Waals surface area contributed by atoms with E-state index >= 15 is 0 Å². The molecule has 2 rings (SSSR count). The van der Waals surface area contributed by atoms with Crippen molar-refractivity contribution in [3.63, 3.8) is 0 Å². The van der Waals surface area contributed by atoms with E-state index in [1.54, 1.807) is 0 Å². The summed E-state index contributed by atoms with van der Waals surface area (Å²) in [4.78, 5) is 23.0. The van der Waals surface area contributed by atoms with Crippen molar-refractivity contribution in [2.45, 2.75) is 30.7 Å². The zero-order valence-electron chi connectivity index (χ0n) is 14.4. The maximum absolute atomic E-state index is 12.5. The van der Waals surface area contributed by atoms with Crippen LogP contribution in [0.5, 0.6) is 0 Å². The fourth-order valence-corrected chi connectivity index (χ4v) is 3.73. The second-order valence-corrected chi connectivity index (χ2v) is 8.11. The summed E-state index contributed by atoms with van der Waals surface area (Å²) < 4.78 is 26.0. The highest BCUT2D eigenvalue weighted by Gasteiger charge is 2.23. The summed E-state index contributed by atoms with van der Waals surface area (Å²) in [5, 5.41) is 8.59. The van der Waals surface area contributed by atoms with Crippen LogP contribution in [0.4, 0.5) is 5.69 Å². The van der Waals surface area contributed by atoms with Gasteiger partial charge in [0.15, 0.2) is 0 Å². The van der Waals surface area contributed by atoms with Crippen LogP contribution in [0.2, 0.25) is 0 Å². The lowest BCUT2D eigenvalue weighted by Crippen LogP contribution is -2.42. The average molecular weight is 368 g/mol. The molecule has 25 heavy (non-hydrogen) atoms. The third-order valence-electron chi connectivity index (χ3n) is 3.96. The van der Waals surface area contributed by atoms with Crippen molar-refractivity contribution in [1.82, 2.24) is 14.9 Å². The highest BCUT2D eigenvalue weighted by Crippen LogP contribution is 2.17. The summed E-state index contributed by atoms with van der Waals surface area (Å²) in [6.45, 7) is 2.57. The van der Waals surface area contributed by atoms with Gasteiger partial charge in [0.2, 0.25) is 21.8 Å². The number of benzene rings is 1. The van der Waals surface area contributed by atoms with Crippen molar-refractivity contribution in [1.29, 1.82) is 0 Å². The zero-order valence-corrected chi connectivity index (χ0v) is 15.2. The molecule has 1 unspecified atom stereocenters. The van der Waals surface area contributed by atoms with Crippen molar-refractivity contribution in [2.75, 3.05) is 32.0 Å². The predicted molar refractivity (Wildman–Crippen MR) is 94.6 cm³/mol. The summed E-state index contributed by atoms with van der Waals surface area (Å²) in [5.74, 6) is -0.573. The number of nitrogens with one attached hydrogen (secondary N) is 3. The fourth-order valence-electron chi connectivity index (χ4n) is 2.60. The lowest BCUT2D eigenvalue weighted by atomic mass is 10.2. The maximum Gasteiger partial charge on any atom is 0.243 e. The molecule has 0 aliphatic carbocycles. The molecule has 1 atom stereocenters. The van der Waals surface area contributed by atoms with Gasteiger partial charge in [-0.2, -0.15) is 4.31 Å². The number of hydrogen-bond donors (Lipinski definition) is 3. The number of rotatable bonds is 7. The molecule has 138 valence electrons. The summed E-state index contributed by atoms with van der Waals surface area (Å²) in [7, 11) is -2.41. The van der Waals surface area contributed by atoms with Gasteiger partial charge in [-0.05, 0) is 43.7 Å². The van der Waals surface area contributed by atoms with Crippen molar-refractivity contribution in [2.24, 2.45) is 0 Å². The summed E-state index contributed by atoms with van der Waals surface area (Å²) in [5.41, 5.74) is 0.510. The number of sulfonamides is 1. The van der Waals surface area contributed by atoms with E-state index in [2.05, 4.69) is 16.0 Å². The molecule has 0 aromatic heterocycles. The third-order valence-corrected chi connectivity index (χ3v) is 5.77. The molecular weight excluding hydrogens is 344 g/mol. The van der Waals surface area contributed by atoms with Crippen molar-refractivity contribution in [3.8, 4) is 0 Å². The lowest BCUT2D eigenvalue weighted by Gasteiger charge is -2.18. The molecule has 9 heteroatoms. The van der Waals surface area contributed by atoms with Crippen molar-refractivity contribution in [3.05, 3.63) is 24.3 Å². The quantitative estimate of drug-likeness (QED) is 0.634. The van der Waals surface area contributed by atoms with Gasteiger partial charge in [-0.3, -0.25) is 9.59 Å². The molecule has 0 saturated carbocycles. The molecule has 1 aromatic carbocycles. The first-order chi connectivity index (χ1) is 11.8. The van der Waals surface area contributed by atoms with Crippen LogP contribution in [0.1, 0.15) is 19.8 Å². The number of hydrogen-bond acceptors (Lipinski definition) is 5. The van der Waals surface area contributed by atoms with E-state index in [0.717, 1.165) is 23.7 Å². The Morgan fingerprint density at radius 1 is 1.28 bits per heavy atom. The molecule has 1 heterocycles. The molecular formula is C16H24N4O4S. The molecule has 0 bridgehead atoms. The Morgan fingerprint density at radius 2 is 1.96 bits per heavy atom.